The van der Waals surface area contributed by atoms with Crippen LogP contribution in [-0.4, -0.2) is 31.0 Å². The molecule has 0 spiro atoms. The summed E-state index contributed by atoms with van der Waals surface area (Å²) in [4.78, 5) is 12.9. The summed E-state index contributed by atoms with van der Waals surface area (Å²) in [5, 5.41) is 0.309. The number of methoxy groups -OCH3 is 2. The molecule has 1 aliphatic carbocycles. The van der Waals surface area contributed by atoms with E-state index in [-0.39, 0.29) is 5.97 Å². The standard InChI is InChI=1S/C15H21NO3S/c1-18-12-7-3-4-8-13(12)20-11-6-5-9-15(16,10-11)14(17)19-2/h3-4,7-8,11H,5-6,9-10,16H2,1-2H3. The van der Waals surface area contributed by atoms with Gasteiger partial charge in [0.1, 0.15) is 11.3 Å². The van der Waals surface area contributed by atoms with Gasteiger partial charge in [-0.15, -0.1) is 11.8 Å². The Bertz CT molecular complexity index is 480. The van der Waals surface area contributed by atoms with E-state index in [9.17, 15) is 4.79 Å². The van der Waals surface area contributed by atoms with Gasteiger partial charge in [-0.1, -0.05) is 12.1 Å². The molecule has 0 amide bonds. The molecule has 20 heavy (non-hydrogen) atoms. The number of nitrogens with two attached hydrogens (primary N) is 1. The van der Waals surface area contributed by atoms with Gasteiger partial charge in [-0.3, -0.25) is 4.79 Å². The van der Waals surface area contributed by atoms with Crippen LogP contribution in [0.25, 0.3) is 0 Å². The molecule has 2 rings (SSSR count). The van der Waals surface area contributed by atoms with Gasteiger partial charge in [0.05, 0.1) is 14.2 Å². The summed E-state index contributed by atoms with van der Waals surface area (Å²) in [6, 6.07) is 7.92. The molecule has 1 aromatic carbocycles. The van der Waals surface area contributed by atoms with Gasteiger partial charge in [0.25, 0.3) is 0 Å². The molecule has 1 aromatic rings. The normalized spacial score (nSPS) is 26.1. The summed E-state index contributed by atoms with van der Waals surface area (Å²) in [5.41, 5.74) is 5.37. The van der Waals surface area contributed by atoms with Gasteiger partial charge in [0, 0.05) is 10.1 Å². The van der Waals surface area contributed by atoms with Gasteiger partial charge in [-0.2, -0.15) is 0 Å². The third kappa shape index (κ3) is 3.27. The predicted octanol–water partition coefficient (Wildman–Crippen LogP) is 2.60. The molecule has 1 saturated carbocycles. The van der Waals surface area contributed by atoms with Crippen LogP contribution < -0.4 is 10.5 Å². The Kier molecular flexibility index (Phi) is 4.94. The first-order valence-electron chi connectivity index (χ1n) is 6.76. The fourth-order valence-electron chi connectivity index (χ4n) is 2.64. The zero-order valence-corrected chi connectivity index (χ0v) is 12.7. The Balaban J connectivity index is 2.08. The van der Waals surface area contributed by atoms with Crippen molar-refractivity contribution in [1.82, 2.24) is 0 Å². The fraction of sp³-hybridized carbons (Fsp3) is 0.533. The molecular weight excluding hydrogens is 274 g/mol. The summed E-state index contributed by atoms with van der Waals surface area (Å²) in [6.07, 6.45) is 3.34. The molecule has 5 heteroatoms. The summed E-state index contributed by atoms with van der Waals surface area (Å²) >= 11 is 1.73. The van der Waals surface area contributed by atoms with Crippen LogP contribution >= 0.6 is 11.8 Å². The number of benzene rings is 1. The molecule has 2 unspecified atom stereocenters. The second-order valence-electron chi connectivity index (χ2n) is 5.13. The lowest BCUT2D eigenvalue weighted by Gasteiger charge is -2.35. The number of carbonyl (C=O) groups excluding carboxylic acids is 1. The maximum atomic E-state index is 11.8. The lowest BCUT2D eigenvalue weighted by molar-refractivity contribution is -0.148. The topological polar surface area (TPSA) is 61.5 Å². The first-order chi connectivity index (χ1) is 9.59. The van der Waals surface area contributed by atoms with Gasteiger partial charge in [0.15, 0.2) is 0 Å². The molecule has 0 saturated heterocycles. The van der Waals surface area contributed by atoms with Crippen LogP contribution in [0.2, 0.25) is 0 Å². The fourth-order valence-corrected chi connectivity index (χ4v) is 4.09. The summed E-state index contributed by atoms with van der Waals surface area (Å²) in [7, 11) is 3.07. The number of ether oxygens (including phenoxy) is 2. The smallest absolute Gasteiger partial charge is 0.325 e. The largest absolute Gasteiger partial charge is 0.496 e. The molecule has 0 bridgehead atoms. The molecular formula is C15H21NO3S. The van der Waals surface area contributed by atoms with Gasteiger partial charge in [-0.05, 0) is 37.8 Å². The maximum absolute atomic E-state index is 11.8. The van der Waals surface area contributed by atoms with Crippen molar-refractivity contribution in [2.24, 2.45) is 5.73 Å². The highest BCUT2D eigenvalue weighted by Crippen LogP contribution is 2.40. The van der Waals surface area contributed by atoms with E-state index in [0.29, 0.717) is 18.1 Å². The molecule has 2 N–H and O–H groups in total. The monoisotopic (exact) mass is 295 g/mol. The van der Waals surface area contributed by atoms with E-state index in [0.717, 1.165) is 23.5 Å². The number of thioether (sulfide) groups is 1. The lowest BCUT2D eigenvalue weighted by atomic mass is 9.82. The molecule has 0 heterocycles. The van der Waals surface area contributed by atoms with Crippen molar-refractivity contribution in [3.63, 3.8) is 0 Å². The van der Waals surface area contributed by atoms with E-state index in [1.807, 2.05) is 24.3 Å². The minimum absolute atomic E-state index is 0.303. The first-order valence-corrected chi connectivity index (χ1v) is 7.64. The van der Waals surface area contributed by atoms with Crippen molar-refractivity contribution in [2.75, 3.05) is 14.2 Å². The molecule has 0 aromatic heterocycles. The minimum atomic E-state index is -0.841. The van der Waals surface area contributed by atoms with Crippen molar-refractivity contribution in [3.8, 4) is 5.75 Å². The van der Waals surface area contributed by atoms with E-state index in [1.165, 1.54) is 7.11 Å². The average Bonchev–Trinajstić information content (AvgIpc) is 2.47. The van der Waals surface area contributed by atoms with Crippen molar-refractivity contribution >= 4 is 17.7 Å². The third-order valence-corrected chi connectivity index (χ3v) is 5.02. The summed E-state index contributed by atoms with van der Waals surface area (Å²) < 4.78 is 10.2. The number of esters is 1. The van der Waals surface area contributed by atoms with E-state index >= 15 is 0 Å². The number of hydrogen-bond donors (Lipinski definition) is 1. The van der Waals surface area contributed by atoms with Crippen molar-refractivity contribution < 1.29 is 14.3 Å². The zero-order valence-electron chi connectivity index (χ0n) is 11.9. The molecule has 1 aliphatic rings. The number of hydrogen-bond acceptors (Lipinski definition) is 5. The first kappa shape index (κ1) is 15.2. The van der Waals surface area contributed by atoms with E-state index in [2.05, 4.69) is 0 Å². The molecule has 110 valence electrons. The summed E-state index contributed by atoms with van der Waals surface area (Å²) in [6.45, 7) is 0. The zero-order chi connectivity index (χ0) is 14.6. The van der Waals surface area contributed by atoms with Crippen LogP contribution in [0.3, 0.4) is 0 Å². The predicted molar refractivity (Wildman–Crippen MR) is 80.0 cm³/mol. The number of carbonyl (C=O) groups is 1. The highest BCUT2D eigenvalue weighted by Gasteiger charge is 2.40. The Hall–Kier alpha value is -1.20. The maximum Gasteiger partial charge on any atom is 0.325 e. The van der Waals surface area contributed by atoms with Crippen LogP contribution in [0.4, 0.5) is 0 Å². The quantitative estimate of drug-likeness (QED) is 0.865. The Labute approximate surface area is 124 Å². The number of para-hydroxylation sites is 1. The van der Waals surface area contributed by atoms with E-state index in [4.69, 9.17) is 15.2 Å². The second-order valence-corrected chi connectivity index (χ2v) is 6.48. The lowest BCUT2D eigenvalue weighted by Crippen LogP contribution is -2.52. The van der Waals surface area contributed by atoms with Crippen LogP contribution in [-0.2, 0) is 9.53 Å². The van der Waals surface area contributed by atoms with Crippen LogP contribution in [0.1, 0.15) is 25.7 Å². The third-order valence-electron chi connectivity index (χ3n) is 3.70. The van der Waals surface area contributed by atoms with Gasteiger partial charge in [-0.25, -0.2) is 0 Å². The van der Waals surface area contributed by atoms with Gasteiger partial charge in [0.2, 0.25) is 0 Å². The van der Waals surface area contributed by atoms with Crippen LogP contribution in [0.5, 0.6) is 5.75 Å². The minimum Gasteiger partial charge on any atom is -0.496 e. The average molecular weight is 295 g/mol. The number of rotatable bonds is 4. The van der Waals surface area contributed by atoms with Gasteiger partial charge >= 0.3 is 5.97 Å². The van der Waals surface area contributed by atoms with Crippen molar-refractivity contribution in [1.29, 1.82) is 0 Å². The van der Waals surface area contributed by atoms with Crippen LogP contribution in [0, 0.1) is 0 Å². The highest BCUT2D eigenvalue weighted by atomic mass is 32.2. The molecule has 0 radical (unpaired) electrons. The highest BCUT2D eigenvalue weighted by molar-refractivity contribution is 8.00. The molecule has 1 fully saturated rings. The van der Waals surface area contributed by atoms with E-state index in [1.54, 1.807) is 18.9 Å². The molecule has 4 nitrogen and oxygen atoms in total. The molecule has 2 atom stereocenters. The van der Waals surface area contributed by atoms with Crippen molar-refractivity contribution in [3.05, 3.63) is 24.3 Å². The SMILES string of the molecule is COC(=O)C1(N)CCCC(Sc2ccccc2OC)C1. The Morgan fingerprint density at radius 1 is 1.40 bits per heavy atom. The van der Waals surface area contributed by atoms with Crippen molar-refractivity contribution in [2.45, 2.75) is 41.4 Å². The Morgan fingerprint density at radius 2 is 2.15 bits per heavy atom. The van der Waals surface area contributed by atoms with E-state index < -0.39 is 5.54 Å². The van der Waals surface area contributed by atoms with Crippen LogP contribution in [0.15, 0.2) is 29.2 Å². The summed E-state index contributed by atoms with van der Waals surface area (Å²) in [5.74, 6) is 0.562. The second kappa shape index (κ2) is 6.50. The van der Waals surface area contributed by atoms with Gasteiger partial charge < -0.3 is 15.2 Å². The molecule has 0 aliphatic heterocycles. The Morgan fingerprint density at radius 3 is 2.85 bits per heavy atom.